The van der Waals surface area contributed by atoms with Crippen LogP contribution < -0.4 is 5.32 Å². The third-order valence-corrected chi connectivity index (χ3v) is 4.26. The third kappa shape index (κ3) is 3.30. The average molecular weight is 238 g/mol. The van der Waals surface area contributed by atoms with Gasteiger partial charge in [0.1, 0.15) is 0 Å². The van der Waals surface area contributed by atoms with Gasteiger partial charge in [-0.3, -0.25) is 4.90 Å². The molecule has 0 saturated carbocycles. The van der Waals surface area contributed by atoms with E-state index in [2.05, 4.69) is 34.7 Å². The molecular weight excluding hydrogens is 216 g/mol. The van der Waals surface area contributed by atoms with Crippen molar-refractivity contribution in [3.05, 3.63) is 22.4 Å². The van der Waals surface area contributed by atoms with E-state index >= 15 is 0 Å². The van der Waals surface area contributed by atoms with Gasteiger partial charge in [-0.25, -0.2) is 0 Å². The summed E-state index contributed by atoms with van der Waals surface area (Å²) in [5, 5.41) is 5.68. The number of rotatable bonds is 5. The molecule has 2 heterocycles. The Balaban J connectivity index is 1.81. The number of nitrogens with zero attached hydrogens (tertiary/aromatic N) is 1. The fourth-order valence-electron chi connectivity index (χ4n) is 2.42. The van der Waals surface area contributed by atoms with Gasteiger partial charge in [0.05, 0.1) is 0 Å². The Kier molecular flexibility index (Phi) is 4.82. The predicted octanol–water partition coefficient (Wildman–Crippen LogP) is 2.36. The van der Waals surface area contributed by atoms with Crippen molar-refractivity contribution in [2.75, 3.05) is 26.2 Å². The summed E-state index contributed by atoms with van der Waals surface area (Å²) in [6.45, 7) is 7.07. The summed E-state index contributed by atoms with van der Waals surface area (Å²) in [5.74, 6) is 0. The third-order valence-electron chi connectivity index (χ3n) is 3.32. The van der Waals surface area contributed by atoms with Crippen molar-refractivity contribution in [3.63, 3.8) is 0 Å². The van der Waals surface area contributed by atoms with Crippen molar-refractivity contribution in [1.29, 1.82) is 0 Å². The molecule has 1 aromatic rings. The first-order valence-electron chi connectivity index (χ1n) is 6.37. The van der Waals surface area contributed by atoms with Gasteiger partial charge in [-0.05, 0) is 24.3 Å². The van der Waals surface area contributed by atoms with Crippen LogP contribution in [0.1, 0.15) is 24.6 Å². The van der Waals surface area contributed by atoms with E-state index in [-0.39, 0.29) is 0 Å². The summed E-state index contributed by atoms with van der Waals surface area (Å²) < 4.78 is 0. The van der Waals surface area contributed by atoms with Gasteiger partial charge in [0.15, 0.2) is 0 Å². The molecule has 0 bridgehead atoms. The van der Waals surface area contributed by atoms with Crippen LogP contribution in [0.5, 0.6) is 0 Å². The van der Waals surface area contributed by atoms with E-state index in [1.54, 1.807) is 0 Å². The molecule has 1 aliphatic rings. The topological polar surface area (TPSA) is 15.3 Å². The van der Waals surface area contributed by atoms with E-state index in [0.29, 0.717) is 0 Å². The molecule has 0 aromatic carbocycles. The summed E-state index contributed by atoms with van der Waals surface area (Å²) in [7, 11) is 0. The Morgan fingerprint density at radius 2 is 2.50 bits per heavy atom. The number of hydrogen-bond acceptors (Lipinski definition) is 3. The van der Waals surface area contributed by atoms with E-state index in [1.165, 1.54) is 43.8 Å². The Morgan fingerprint density at radius 1 is 1.56 bits per heavy atom. The maximum atomic E-state index is 3.50. The highest BCUT2D eigenvalue weighted by Crippen LogP contribution is 2.13. The first-order chi connectivity index (χ1) is 7.90. The second kappa shape index (κ2) is 6.38. The number of nitrogens with one attached hydrogen (secondary N) is 1. The van der Waals surface area contributed by atoms with Gasteiger partial charge in [0.25, 0.3) is 0 Å². The zero-order chi connectivity index (χ0) is 11.2. The van der Waals surface area contributed by atoms with E-state index < -0.39 is 0 Å². The molecule has 1 N–H and O–H groups in total. The van der Waals surface area contributed by atoms with Crippen molar-refractivity contribution in [3.8, 4) is 0 Å². The highest BCUT2D eigenvalue weighted by atomic mass is 32.1. The van der Waals surface area contributed by atoms with Crippen LogP contribution in [0.2, 0.25) is 0 Å². The molecule has 90 valence electrons. The molecule has 2 rings (SSSR count). The molecule has 2 nitrogen and oxygen atoms in total. The second-order valence-corrected chi connectivity index (χ2v) is 5.54. The fourth-order valence-corrected chi connectivity index (χ4v) is 3.12. The van der Waals surface area contributed by atoms with Gasteiger partial charge < -0.3 is 5.32 Å². The Labute approximate surface area is 103 Å². The molecule has 1 saturated heterocycles. The lowest BCUT2D eigenvalue weighted by Crippen LogP contribution is -2.51. The second-order valence-electron chi connectivity index (χ2n) is 4.51. The van der Waals surface area contributed by atoms with Gasteiger partial charge in [0.2, 0.25) is 0 Å². The Hall–Kier alpha value is -0.380. The minimum atomic E-state index is 0.763. The van der Waals surface area contributed by atoms with Gasteiger partial charge in [-0.15, -0.1) is 11.3 Å². The van der Waals surface area contributed by atoms with E-state index in [4.69, 9.17) is 0 Å². The smallest absolute Gasteiger partial charge is 0.0221 e. The molecule has 0 amide bonds. The molecule has 16 heavy (non-hydrogen) atoms. The summed E-state index contributed by atoms with van der Waals surface area (Å²) in [6, 6.07) is 5.17. The van der Waals surface area contributed by atoms with Crippen LogP contribution >= 0.6 is 11.3 Å². The lowest BCUT2D eigenvalue weighted by atomic mass is 10.1. The van der Waals surface area contributed by atoms with E-state index in [0.717, 1.165) is 12.6 Å². The number of thiophene rings is 1. The standard InChI is InChI=1S/C13H22N2S/c1-2-4-12-11-14-7-9-15(12)8-6-13-5-3-10-16-13/h3,5,10,12,14H,2,4,6-9,11H2,1H3. The van der Waals surface area contributed by atoms with Crippen molar-refractivity contribution in [1.82, 2.24) is 10.2 Å². The summed E-state index contributed by atoms with van der Waals surface area (Å²) in [6.07, 6.45) is 3.84. The SMILES string of the molecule is CCCC1CNCCN1CCc1cccs1. The zero-order valence-electron chi connectivity index (χ0n) is 10.1. The van der Waals surface area contributed by atoms with E-state index in [1.807, 2.05) is 11.3 Å². The maximum Gasteiger partial charge on any atom is 0.0221 e. The quantitative estimate of drug-likeness (QED) is 0.847. The van der Waals surface area contributed by atoms with Crippen LogP contribution in [0.25, 0.3) is 0 Å². The highest BCUT2D eigenvalue weighted by Gasteiger charge is 2.20. The van der Waals surface area contributed by atoms with Gasteiger partial charge in [-0.2, -0.15) is 0 Å². The van der Waals surface area contributed by atoms with Crippen LogP contribution in [-0.2, 0) is 6.42 Å². The van der Waals surface area contributed by atoms with Gasteiger partial charge >= 0.3 is 0 Å². The highest BCUT2D eigenvalue weighted by molar-refractivity contribution is 7.09. The maximum absolute atomic E-state index is 3.50. The molecule has 0 radical (unpaired) electrons. The summed E-state index contributed by atoms with van der Waals surface area (Å²) >= 11 is 1.88. The Bertz CT molecular complexity index is 282. The van der Waals surface area contributed by atoms with Crippen molar-refractivity contribution < 1.29 is 0 Å². The first kappa shape index (κ1) is 12.1. The molecule has 1 aromatic heterocycles. The van der Waals surface area contributed by atoms with Crippen LogP contribution in [0.4, 0.5) is 0 Å². The molecule has 1 unspecified atom stereocenters. The molecule has 0 spiro atoms. The minimum absolute atomic E-state index is 0.763. The number of piperazine rings is 1. The van der Waals surface area contributed by atoms with Crippen LogP contribution in [-0.4, -0.2) is 37.1 Å². The normalized spacial score (nSPS) is 22.4. The number of hydrogen-bond donors (Lipinski definition) is 1. The van der Waals surface area contributed by atoms with Gasteiger partial charge in [-0.1, -0.05) is 19.4 Å². The molecule has 1 atom stereocenters. The van der Waals surface area contributed by atoms with Crippen molar-refractivity contribution >= 4 is 11.3 Å². The first-order valence-corrected chi connectivity index (χ1v) is 7.25. The molecule has 1 aliphatic heterocycles. The Morgan fingerprint density at radius 3 is 3.25 bits per heavy atom. The monoisotopic (exact) mass is 238 g/mol. The molecule has 3 heteroatoms. The summed E-state index contributed by atoms with van der Waals surface area (Å²) in [4.78, 5) is 4.19. The minimum Gasteiger partial charge on any atom is -0.314 e. The lowest BCUT2D eigenvalue weighted by molar-refractivity contribution is 0.154. The fraction of sp³-hybridized carbons (Fsp3) is 0.692. The zero-order valence-corrected chi connectivity index (χ0v) is 10.9. The van der Waals surface area contributed by atoms with Crippen molar-refractivity contribution in [2.24, 2.45) is 0 Å². The van der Waals surface area contributed by atoms with Gasteiger partial charge in [0, 0.05) is 37.1 Å². The van der Waals surface area contributed by atoms with Crippen LogP contribution in [0.3, 0.4) is 0 Å². The summed E-state index contributed by atoms with van der Waals surface area (Å²) in [5.41, 5.74) is 0. The molecular formula is C13H22N2S. The lowest BCUT2D eigenvalue weighted by Gasteiger charge is -2.36. The van der Waals surface area contributed by atoms with Crippen LogP contribution in [0.15, 0.2) is 17.5 Å². The van der Waals surface area contributed by atoms with Crippen LogP contribution in [0, 0.1) is 0 Å². The van der Waals surface area contributed by atoms with Crippen molar-refractivity contribution in [2.45, 2.75) is 32.2 Å². The van der Waals surface area contributed by atoms with E-state index in [9.17, 15) is 0 Å². The molecule has 1 fully saturated rings. The predicted molar refractivity (Wildman–Crippen MR) is 71.2 cm³/mol. The largest absolute Gasteiger partial charge is 0.314 e. The average Bonchev–Trinajstić information content (AvgIpc) is 2.81. The molecule has 0 aliphatic carbocycles.